The molecule has 1 amide bonds. The van der Waals surface area contributed by atoms with Crippen LogP contribution in [0, 0.1) is 0 Å². The van der Waals surface area contributed by atoms with Crippen LogP contribution in [0.5, 0.6) is 0 Å². The lowest BCUT2D eigenvalue weighted by atomic mass is 10.1. The Balaban J connectivity index is 1.25. The molecule has 0 aliphatic carbocycles. The summed E-state index contributed by atoms with van der Waals surface area (Å²) in [6, 6.07) is 18.4. The van der Waals surface area contributed by atoms with Crippen LogP contribution >= 0.6 is 11.6 Å². The first-order chi connectivity index (χ1) is 18.4. The van der Waals surface area contributed by atoms with Crippen molar-refractivity contribution in [2.45, 2.75) is 17.9 Å². The minimum atomic E-state index is -3.69. The lowest BCUT2D eigenvalue weighted by molar-refractivity contribution is 0.102. The van der Waals surface area contributed by atoms with Crippen molar-refractivity contribution in [3.8, 4) is 11.3 Å². The van der Waals surface area contributed by atoms with Gasteiger partial charge in [0, 0.05) is 42.3 Å². The lowest BCUT2D eigenvalue weighted by Crippen LogP contribution is -2.25. The number of rotatable bonds is 9. The van der Waals surface area contributed by atoms with Crippen molar-refractivity contribution in [1.29, 1.82) is 0 Å². The molecular weight excluding hydrogens is 524 g/mol. The molecule has 2 N–H and O–H groups in total. The maximum absolute atomic E-state index is 12.9. The second-order valence-corrected chi connectivity index (χ2v) is 10.6. The molecule has 0 unspecified atom stereocenters. The molecule has 0 fully saturated rings. The van der Waals surface area contributed by atoms with E-state index in [0.717, 1.165) is 11.0 Å². The normalized spacial score (nSPS) is 11.5. The third-order valence-electron chi connectivity index (χ3n) is 5.82. The zero-order valence-electron chi connectivity index (χ0n) is 20.1. The molecule has 5 aromatic rings. The predicted octanol–water partition coefficient (Wildman–Crippen LogP) is 4.77. The SMILES string of the molecule is O=C(Nc1ccc(Cl)c(-c2cnc3ccccc3n2)c1)c1ccc(S(=O)(=O)NCCCn2ccnc2)cc1. The average molecular weight is 547 g/mol. The van der Waals surface area contributed by atoms with Crippen LogP contribution in [-0.4, -0.2) is 40.4 Å². The third-order valence-corrected chi connectivity index (χ3v) is 7.63. The van der Waals surface area contributed by atoms with Crippen molar-refractivity contribution in [1.82, 2.24) is 24.2 Å². The van der Waals surface area contributed by atoms with Crippen LogP contribution in [0.15, 0.2) is 96.5 Å². The number of anilines is 1. The highest BCUT2D eigenvalue weighted by Crippen LogP contribution is 2.30. The van der Waals surface area contributed by atoms with Crippen LogP contribution < -0.4 is 10.0 Å². The van der Waals surface area contributed by atoms with Gasteiger partial charge >= 0.3 is 0 Å². The van der Waals surface area contributed by atoms with Crippen LogP contribution in [0.1, 0.15) is 16.8 Å². The highest BCUT2D eigenvalue weighted by Gasteiger charge is 2.15. The fourth-order valence-corrected chi connectivity index (χ4v) is 5.13. The van der Waals surface area contributed by atoms with Gasteiger partial charge in [0.15, 0.2) is 0 Å². The van der Waals surface area contributed by atoms with Crippen molar-refractivity contribution < 1.29 is 13.2 Å². The second kappa shape index (κ2) is 11.1. The summed E-state index contributed by atoms with van der Waals surface area (Å²) in [6.07, 6.45) is 7.43. The first kappa shape index (κ1) is 25.5. The van der Waals surface area contributed by atoms with E-state index in [9.17, 15) is 13.2 Å². The van der Waals surface area contributed by atoms with Crippen molar-refractivity contribution in [2.75, 3.05) is 11.9 Å². The molecule has 38 heavy (non-hydrogen) atoms. The standard InChI is InChI=1S/C27H23ClN6O3S/c28-23-11-8-20(16-22(23)26-17-30-24-4-1-2-5-25(24)33-26)32-27(35)19-6-9-21(10-7-19)38(36,37)31-12-3-14-34-15-13-29-18-34/h1-2,4-11,13,15-18,31H,3,12,14H2,(H,32,35). The number of carbonyl (C=O) groups excluding carboxylic acids is 1. The summed E-state index contributed by atoms with van der Waals surface area (Å²) in [5.74, 6) is -0.389. The number of benzene rings is 3. The number of amides is 1. The number of hydrogen-bond donors (Lipinski definition) is 2. The molecule has 0 radical (unpaired) electrons. The number of nitrogens with one attached hydrogen (secondary N) is 2. The van der Waals surface area contributed by atoms with E-state index in [4.69, 9.17) is 11.6 Å². The van der Waals surface area contributed by atoms with Crippen molar-refractivity contribution in [3.63, 3.8) is 0 Å². The van der Waals surface area contributed by atoms with Gasteiger partial charge in [0.2, 0.25) is 10.0 Å². The van der Waals surface area contributed by atoms with Gasteiger partial charge in [-0.25, -0.2) is 23.1 Å². The third kappa shape index (κ3) is 5.88. The van der Waals surface area contributed by atoms with E-state index in [1.165, 1.54) is 24.3 Å². The molecule has 0 spiro atoms. The number of sulfonamides is 1. The van der Waals surface area contributed by atoms with Gasteiger partial charge in [0.1, 0.15) is 0 Å². The molecule has 9 nitrogen and oxygen atoms in total. The number of imidazole rings is 1. The average Bonchev–Trinajstić information content (AvgIpc) is 3.46. The van der Waals surface area contributed by atoms with Gasteiger partial charge in [-0.3, -0.25) is 9.78 Å². The summed E-state index contributed by atoms with van der Waals surface area (Å²) in [5, 5.41) is 3.30. The number of aromatic nitrogens is 4. The van der Waals surface area contributed by atoms with E-state index >= 15 is 0 Å². The van der Waals surface area contributed by atoms with Gasteiger partial charge in [-0.2, -0.15) is 0 Å². The Morgan fingerprint density at radius 3 is 2.55 bits per heavy atom. The van der Waals surface area contributed by atoms with Gasteiger partial charge in [-0.15, -0.1) is 0 Å². The fraction of sp³-hybridized carbons (Fsp3) is 0.111. The Morgan fingerprint density at radius 1 is 1.00 bits per heavy atom. The summed E-state index contributed by atoms with van der Waals surface area (Å²) in [4.78, 5) is 26.0. The van der Waals surface area contributed by atoms with Crippen LogP contribution in [0.2, 0.25) is 5.02 Å². The Bertz CT molecular complexity index is 1690. The molecule has 0 saturated carbocycles. The molecule has 2 heterocycles. The number of halogens is 1. The minimum Gasteiger partial charge on any atom is -0.337 e. The van der Waals surface area contributed by atoms with E-state index in [1.54, 1.807) is 36.9 Å². The zero-order valence-corrected chi connectivity index (χ0v) is 21.7. The molecule has 0 bridgehead atoms. The fourth-order valence-electron chi connectivity index (χ4n) is 3.85. The zero-order chi connectivity index (χ0) is 26.5. The van der Waals surface area contributed by atoms with E-state index < -0.39 is 10.0 Å². The van der Waals surface area contributed by atoms with E-state index in [2.05, 4.69) is 25.0 Å². The molecule has 192 valence electrons. The summed E-state index contributed by atoms with van der Waals surface area (Å²) in [6.45, 7) is 0.935. The van der Waals surface area contributed by atoms with E-state index in [-0.39, 0.29) is 17.3 Å². The van der Waals surface area contributed by atoms with Gasteiger partial charge in [-0.05, 0) is 61.0 Å². The lowest BCUT2D eigenvalue weighted by Gasteiger charge is -2.10. The minimum absolute atomic E-state index is 0.0836. The molecule has 0 aliphatic heterocycles. The Hall–Kier alpha value is -4.12. The maximum atomic E-state index is 12.9. The summed E-state index contributed by atoms with van der Waals surface area (Å²) < 4.78 is 29.6. The van der Waals surface area contributed by atoms with E-state index in [0.29, 0.717) is 40.5 Å². The van der Waals surface area contributed by atoms with Crippen LogP contribution in [0.3, 0.4) is 0 Å². The number of carbonyl (C=O) groups is 1. The first-order valence-electron chi connectivity index (χ1n) is 11.8. The molecule has 11 heteroatoms. The van der Waals surface area contributed by atoms with Crippen LogP contribution in [0.25, 0.3) is 22.3 Å². The molecule has 5 rings (SSSR count). The topological polar surface area (TPSA) is 119 Å². The highest BCUT2D eigenvalue weighted by atomic mass is 35.5. The number of hydrogen-bond acceptors (Lipinski definition) is 6. The molecule has 0 saturated heterocycles. The Labute approximate surface area is 224 Å². The molecule has 3 aromatic carbocycles. The van der Waals surface area contributed by atoms with E-state index in [1.807, 2.05) is 35.0 Å². The number of fused-ring (bicyclic) bond motifs is 1. The van der Waals surface area contributed by atoms with Crippen molar-refractivity contribution in [2.24, 2.45) is 0 Å². The first-order valence-corrected chi connectivity index (χ1v) is 13.6. The van der Waals surface area contributed by atoms with Crippen LogP contribution in [0.4, 0.5) is 5.69 Å². The molecule has 0 aliphatic rings. The Morgan fingerprint density at radius 2 is 1.79 bits per heavy atom. The number of para-hydroxylation sites is 2. The number of nitrogens with zero attached hydrogens (tertiary/aromatic N) is 4. The Kier molecular flexibility index (Phi) is 7.45. The van der Waals surface area contributed by atoms with Gasteiger partial charge in [-0.1, -0.05) is 23.7 Å². The molecule has 0 atom stereocenters. The summed E-state index contributed by atoms with van der Waals surface area (Å²) >= 11 is 6.42. The predicted molar refractivity (Wildman–Crippen MR) is 146 cm³/mol. The van der Waals surface area contributed by atoms with Crippen LogP contribution in [-0.2, 0) is 16.6 Å². The number of aryl methyl sites for hydroxylation is 1. The van der Waals surface area contributed by atoms with Gasteiger partial charge < -0.3 is 9.88 Å². The molecular formula is C27H23ClN6O3S. The monoisotopic (exact) mass is 546 g/mol. The summed E-state index contributed by atoms with van der Waals surface area (Å²) in [5.41, 5.74) is 3.54. The quantitative estimate of drug-likeness (QED) is 0.257. The highest BCUT2D eigenvalue weighted by molar-refractivity contribution is 7.89. The van der Waals surface area contributed by atoms with Crippen molar-refractivity contribution in [3.05, 3.63) is 102 Å². The van der Waals surface area contributed by atoms with Crippen molar-refractivity contribution >= 4 is 44.3 Å². The van der Waals surface area contributed by atoms with Gasteiger partial charge in [0.25, 0.3) is 5.91 Å². The second-order valence-electron chi connectivity index (χ2n) is 8.47. The smallest absolute Gasteiger partial charge is 0.255 e. The maximum Gasteiger partial charge on any atom is 0.255 e. The summed E-state index contributed by atoms with van der Waals surface area (Å²) in [7, 11) is -3.69. The van der Waals surface area contributed by atoms with Gasteiger partial charge in [0.05, 0.1) is 39.2 Å². The molecule has 2 aromatic heterocycles. The largest absolute Gasteiger partial charge is 0.337 e.